The Balaban J connectivity index is 1.54. The molecule has 0 aliphatic rings. The first-order valence-corrected chi connectivity index (χ1v) is 12.9. The summed E-state index contributed by atoms with van der Waals surface area (Å²) in [5, 5.41) is 0.806. The van der Waals surface area contributed by atoms with Gasteiger partial charge >= 0.3 is 0 Å². The molecule has 0 fully saturated rings. The molecule has 0 aliphatic carbocycles. The van der Waals surface area contributed by atoms with Crippen LogP contribution < -0.4 is 9.47 Å². The van der Waals surface area contributed by atoms with Crippen LogP contribution in [0.4, 0.5) is 0 Å². The average Bonchev–Trinajstić information content (AvgIpc) is 3.32. The Morgan fingerprint density at radius 1 is 0.806 bits per heavy atom. The molecule has 0 N–H and O–H groups in total. The molecule has 5 heteroatoms. The van der Waals surface area contributed by atoms with Crippen LogP contribution in [-0.2, 0) is 0 Å². The second-order valence-electron chi connectivity index (χ2n) is 8.76. The molecule has 4 aromatic rings. The van der Waals surface area contributed by atoms with Crippen LogP contribution >= 0.6 is 0 Å². The first-order chi connectivity index (χ1) is 17.6. The van der Waals surface area contributed by atoms with Gasteiger partial charge in [-0.25, -0.2) is 0 Å². The quantitative estimate of drug-likeness (QED) is 0.148. The van der Waals surface area contributed by atoms with E-state index in [-0.39, 0.29) is 5.78 Å². The lowest BCUT2D eigenvalue weighted by molar-refractivity contribution is 0.104. The van der Waals surface area contributed by atoms with Crippen LogP contribution in [0.1, 0.15) is 49.5 Å². The van der Waals surface area contributed by atoms with Crippen molar-refractivity contribution in [1.29, 1.82) is 0 Å². The number of hydrogen-bond donors (Lipinski definition) is 0. The molecule has 0 unspecified atom stereocenters. The van der Waals surface area contributed by atoms with Gasteiger partial charge in [0.15, 0.2) is 5.78 Å². The van der Waals surface area contributed by atoms with Crippen molar-refractivity contribution in [2.24, 2.45) is 0 Å². The highest BCUT2D eigenvalue weighted by atomic mass is 16.5. The van der Waals surface area contributed by atoms with Crippen molar-refractivity contribution in [3.8, 4) is 22.8 Å². The number of carbonyl (C=O) groups is 1. The maximum Gasteiger partial charge on any atom is 0.197 e. The number of hydrogen-bond acceptors (Lipinski definition) is 5. The predicted molar refractivity (Wildman–Crippen MR) is 145 cm³/mol. The summed E-state index contributed by atoms with van der Waals surface area (Å²) in [6.07, 6.45) is 1.92. The molecule has 0 aliphatic heterocycles. The molecule has 4 rings (SSSR count). The lowest BCUT2D eigenvalue weighted by atomic mass is 9.97. The number of rotatable bonds is 13. The van der Waals surface area contributed by atoms with E-state index in [4.69, 9.17) is 13.9 Å². The maximum atomic E-state index is 13.7. The van der Waals surface area contributed by atoms with E-state index in [1.54, 1.807) is 0 Å². The molecule has 1 heterocycles. The summed E-state index contributed by atoms with van der Waals surface area (Å²) in [7, 11) is 0. The summed E-state index contributed by atoms with van der Waals surface area (Å²) in [6, 6.07) is 22.8. The third-order valence-corrected chi connectivity index (χ3v) is 6.31. The predicted octanol–water partition coefficient (Wildman–Crippen LogP) is 7.23. The first kappa shape index (κ1) is 25.5. The highest BCUT2D eigenvalue weighted by Gasteiger charge is 2.23. The zero-order valence-corrected chi connectivity index (χ0v) is 21.5. The van der Waals surface area contributed by atoms with E-state index in [9.17, 15) is 4.79 Å². The normalized spacial score (nSPS) is 11.2. The van der Waals surface area contributed by atoms with Gasteiger partial charge in [0.1, 0.15) is 22.8 Å². The van der Waals surface area contributed by atoms with Gasteiger partial charge in [-0.3, -0.25) is 4.79 Å². The third-order valence-electron chi connectivity index (χ3n) is 6.31. The minimum absolute atomic E-state index is 0.0747. The van der Waals surface area contributed by atoms with Crippen molar-refractivity contribution in [1.82, 2.24) is 4.90 Å². The highest BCUT2D eigenvalue weighted by molar-refractivity contribution is 6.19. The summed E-state index contributed by atoms with van der Waals surface area (Å²) in [6.45, 7) is 10.9. The SMILES string of the molecule is CCCOc1ccc(-c2oc3ccccc3c2C(=O)c2ccc(OCCCN(CC)CC)cc2)cc1. The summed E-state index contributed by atoms with van der Waals surface area (Å²) < 4.78 is 17.8. The second kappa shape index (κ2) is 12.4. The summed E-state index contributed by atoms with van der Waals surface area (Å²) in [5.41, 5.74) is 2.70. The summed E-state index contributed by atoms with van der Waals surface area (Å²) in [4.78, 5) is 16.1. The lowest BCUT2D eigenvalue weighted by Crippen LogP contribution is -2.25. The maximum absolute atomic E-state index is 13.7. The fourth-order valence-corrected chi connectivity index (χ4v) is 4.26. The molecule has 36 heavy (non-hydrogen) atoms. The van der Waals surface area contributed by atoms with E-state index >= 15 is 0 Å². The molecular formula is C31H35NO4. The Hall–Kier alpha value is -3.57. The number of nitrogens with zero attached hydrogens (tertiary/aromatic N) is 1. The molecule has 188 valence electrons. The van der Waals surface area contributed by atoms with E-state index in [1.807, 2.05) is 72.8 Å². The molecule has 0 radical (unpaired) electrons. The molecule has 0 atom stereocenters. The monoisotopic (exact) mass is 485 g/mol. The Labute approximate surface area is 213 Å². The van der Waals surface area contributed by atoms with Crippen LogP contribution in [0.25, 0.3) is 22.3 Å². The molecule has 0 saturated carbocycles. The van der Waals surface area contributed by atoms with Crippen molar-refractivity contribution in [2.45, 2.75) is 33.6 Å². The minimum atomic E-state index is -0.0747. The van der Waals surface area contributed by atoms with E-state index in [2.05, 4.69) is 25.7 Å². The van der Waals surface area contributed by atoms with Gasteiger partial charge in [0, 0.05) is 23.1 Å². The largest absolute Gasteiger partial charge is 0.494 e. The zero-order valence-electron chi connectivity index (χ0n) is 21.5. The van der Waals surface area contributed by atoms with Gasteiger partial charge in [-0.05, 0) is 80.5 Å². The number of ketones is 1. The van der Waals surface area contributed by atoms with Crippen LogP contribution in [0.2, 0.25) is 0 Å². The highest BCUT2D eigenvalue weighted by Crippen LogP contribution is 2.36. The van der Waals surface area contributed by atoms with E-state index < -0.39 is 0 Å². The molecule has 5 nitrogen and oxygen atoms in total. The Morgan fingerprint density at radius 2 is 1.44 bits per heavy atom. The summed E-state index contributed by atoms with van der Waals surface area (Å²) in [5.74, 6) is 2.07. The minimum Gasteiger partial charge on any atom is -0.494 e. The van der Waals surface area contributed by atoms with Gasteiger partial charge in [0.2, 0.25) is 0 Å². The van der Waals surface area contributed by atoms with Crippen molar-refractivity contribution in [2.75, 3.05) is 32.8 Å². The molecule has 0 amide bonds. The molecule has 0 spiro atoms. The van der Waals surface area contributed by atoms with Crippen LogP contribution in [0.3, 0.4) is 0 Å². The Bertz CT molecular complexity index is 1250. The Morgan fingerprint density at radius 3 is 2.11 bits per heavy atom. The Kier molecular flexibility index (Phi) is 8.80. The molecule has 1 aromatic heterocycles. The fourth-order valence-electron chi connectivity index (χ4n) is 4.26. The van der Waals surface area contributed by atoms with Crippen LogP contribution in [0, 0.1) is 0 Å². The van der Waals surface area contributed by atoms with E-state index in [1.165, 1.54) is 0 Å². The van der Waals surface area contributed by atoms with Crippen LogP contribution in [-0.4, -0.2) is 43.5 Å². The molecule has 3 aromatic carbocycles. The van der Waals surface area contributed by atoms with Gasteiger partial charge in [0.25, 0.3) is 0 Å². The van der Waals surface area contributed by atoms with Gasteiger partial charge in [-0.2, -0.15) is 0 Å². The molecule has 0 saturated heterocycles. The fraction of sp³-hybridized carbons (Fsp3) is 0.323. The smallest absolute Gasteiger partial charge is 0.197 e. The third kappa shape index (κ3) is 5.97. The second-order valence-corrected chi connectivity index (χ2v) is 8.76. The number of ether oxygens (including phenoxy) is 2. The standard InChI is InChI=1S/C31H35NO4/c1-4-21-34-25-18-14-24(15-19-25)31-29(27-10-7-8-11-28(27)36-31)30(33)23-12-16-26(17-13-23)35-22-9-20-32(5-2)6-3/h7-8,10-19H,4-6,9,20-22H2,1-3H3. The van der Waals surface area contributed by atoms with Crippen molar-refractivity contribution in [3.63, 3.8) is 0 Å². The zero-order chi connectivity index (χ0) is 25.3. The average molecular weight is 486 g/mol. The van der Waals surface area contributed by atoms with E-state index in [0.29, 0.717) is 35.7 Å². The number of para-hydroxylation sites is 1. The number of fused-ring (bicyclic) bond motifs is 1. The summed E-state index contributed by atoms with van der Waals surface area (Å²) >= 11 is 0. The molecular weight excluding hydrogens is 450 g/mol. The number of carbonyl (C=O) groups excluding carboxylic acids is 1. The van der Waals surface area contributed by atoms with Gasteiger partial charge in [-0.1, -0.05) is 39.0 Å². The van der Waals surface area contributed by atoms with Crippen molar-refractivity contribution in [3.05, 3.63) is 83.9 Å². The van der Waals surface area contributed by atoms with Crippen LogP contribution in [0.5, 0.6) is 11.5 Å². The first-order valence-electron chi connectivity index (χ1n) is 12.9. The lowest BCUT2D eigenvalue weighted by Gasteiger charge is -2.17. The van der Waals surface area contributed by atoms with Gasteiger partial charge in [0.05, 0.1) is 18.8 Å². The van der Waals surface area contributed by atoms with Gasteiger partial charge < -0.3 is 18.8 Å². The van der Waals surface area contributed by atoms with Gasteiger partial charge in [-0.15, -0.1) is 0 Å². The molecule has 0 bridgehead atoms. The number of furan rings is 1. The van der Waals surface area contributed by atoms with Crippen molar-refractivity contribution >= 4 is 16.8 Å². The van der Waals surface area contributed by atoms with E-state index in [0.717, 1.165) is 54.9 Å². The van der Waals surface area contributed by atoms with Crippen molar-refractivity contribution < 1.29 is 18.7 Å². The topological polar surface area (TPSA) is 51.9 Å². The number of benzene rings is 3. The van der Waals surface area contributed by atoms with Crippen LogP contribution in [0.15, 0.2) is 77.2 Å².